The Balaban J connectivity index is 2.37. The van der Waals surface area contributed by atoms with Crippen LogP contribution in [0.4, 0.5) is 0 Å². The van der Waals surface area contributed by atoms with Crippen LogP contribution in [-0.4, -0.2) is 11.1 Å². The fourth-order valence-electron chi connectivity index (χ4n) is 1.90. The fourth-order valence-corrected chi connectivity index (χ4v) is 2.40. The number of carboxylic acid groups (broad SMARTS) is 1. The van der Waals surface area contributed by atoms with Gasteiger partial charge in [0.1, 0.15) is 0 Å². The average molecular weight is 245 g/mol. The summed E-state index contributed by atoms with van der Waals surface area (Å²) in [5.74, 6) is -0.788. The van der Waals surface area contributed by atoms with E-state index in [4.69, 9.17) is 28.3 Å². The second-order valence-electron chi connectivity index (χ2n) is 3.95. The van der Waals surface area contributed by atoms with Crippen molar-refractivity contribution in [1.29, 1.82) is 0 Å². The summed E-state index contributed by atoms with van der Waals surface area (Å²) in [5, 5.41) is 9.82. The van der Waals surface area contributed by atoms with Crippen molar-refractivity contribution < 1.29 is 9.90 Å². The second kappa shape index (κ2) is 3.69. The Morgan fingerprint density at radius 1 is 1.40 bits per heavy atom. The van der Waals surface area contributed by atoms with Gasteiger partial charge in [-0.15, -0.1) is 0 Å². The van der Waals surface area contributed by atoms with Crippen molar-refractivity contribution in [2.75, 3.05) is 0 Å². The molecule has 1 fully saturated rings. The smallest absolute Gasteiger partial charge is 0.304 e. The number of rotatable bonds is 3. The quantitative estimate of drug-likeness (QED) is 0.884. The molecule has 1 aliphatic carbocycles. The van der Waals surface area contributed by atoms with Crippen LogP contribution in [0.25, 0.3) is 0 Å². The molecule has 15 heavy (non-hydrogen) atoms. The van der Waals surface area contributed by atoms with Gasteiger partial charge in [-0.1, -0.05) is 35.3 Å². The molecular weight excluding hydrogens is 235 g/mol. The van der Waals surface area contributed by atoms with Gasteiger partial charge in [-0.3, -0.25) is 4.79 Å². The van der Waals surface area contributed by atoms with E-state index in [1.807, 2.05) is 12.1 Å². The zero-order chi connectivity index (χ0) is 11.1. The molecule has 0 amide bonds. The number of carboxylic acids is 1. The lowest BCUT2D eigenvalue weighted by Crippen LogP contribution is -2.13. The molecule has 0 atom stereocenters. The largest absolute Gasteiger partial charge is 0.481 e. The molecule has 0 radical (unpaired) electrons. The Bertz CT molecular complexity index is 411. The molecule has 2 nitrogen and oxygen atoms in total. The fraction of sp³-hybridized carbons (Fsp3) is 0.364. The number of carbonyl (C=O) groups is 1. The van der Waals surface area contributed by atoms with Crippen molar-refractivity contribution in [2.24, 2.45) is 0 Å². The average Bonchev–Trinajstić information content (AvgIpc) is 2.89. The molecule has 0 unspecified atom stereocenters. The Hall–Kier alpha value is -0.730. The first-order valence-corrected chi connectivity index (χ1v) is 5.47. The number of benzene rings is 1. The van der Waals surface area contributed by atoms with Crippen LogP contribution in [0.15, 0.2) is 18.2 Å². The van der Waals surface area contributed by atoms with Gasteiger partial charge in [-0.05, 0) is 24.5 Å². The number of hydrogen-bond donors (Lipinski definition) is 1. The summed E-state index contributed by atoms with van der Waals surface area (Å²) in [6.07, 6.45) is 1.88. The molecule has 1 saturated carbocycles. The Labute approximate surface area is 97.8 Å². The van der Waals surface area contributed by atoms with E-state index in [-0.39, 0.29) is 11.8 Å². The highest BCUT2D eigenvalue weighted by Gasteiger charge is 2.47. The summed E-state index contributed by atoms with van der Waals surface area (Å²) in [4.78, 5) is 10.7. The minimum atomic E-state index is -0.788. The molecular formula is C11H10Cl2O2. The standard InChI is InChI=1S/C11H10Cl2O2/c12-8-3-1-2-7(10(8)13)11(4-5-11)6-9(14)15/h1-3H,4-6H2,(H,14,15). The third kappa shape index (κ3) is 1.97. The molecule has 1 aromatic rings. The van der Waals surface area contributed by atoms with Crippen molar-refractivity contribution in [3.05, 3.63) is 33.8 Å². The van der Waals surface area contributed by atoms with Crippen LogP contribution >= 0.6 is 23.2 Å². The van der Waals surface area contributed by atoms with Crippen LogP contribution < -0.4 is 0 Å². The van der Waals surface area contributed by atoms with Crippen molar-refractivity contribution in [1.82, 2.24) is 0 Å². The zero-order valence-electron chi connectivity index (χ0n) is 7.96. The maximum atomic E-state index is 10.7. The summed E-state index contributed by atoms with van der Waals surface area (Å²) in [6.45, 7) is 0. The first-order chi connectivity index (χ1) is 7.05. The van der Waals surface area contributed by atoms with Crippen molar-refractivity contribution >= 4 is 29.2 Å². The minimum absolute atomic E-state index is 0.132. The Morgan fingerprint density at radius 3 is 2.60 bits per heavy atom. The lowest BCUT2D eigenvalue weighted by atomic mass is 9.92. The van der Waals surface area contributed by atoms with Gasteiger partial charge in [0.25, 0.3) is 0 Å². The molecule has 0 aromatic heterocycles. The van der Waals surface area contributed by atoms with Crippen LogP contribution in [-0.2, 0) is 10.2 Å². The number of aliphatic carboxylic acids is 1. The Morgan fingerprint density at radius 2 is 2.07 bits per heavy atom. The van der Waals surface area contributed by atoms with E-state index < -0.39 is 5.97 Å². The Kier molecular flexibility index (Phi) is 2.65. The molecule has 0 heterocycles. The first-order valence-electron chi connectivity index (χ1n) is 4.71. The maximum Gasteiger partial charge on any atom is 0.304 e. The van der Waals surface area contributed by atoms with Crippen LogP contribution in [0.1, 0.15) is 24.8 Å². The lowest BCUT2D eigenvalue weighted by Gasteiger charge is -2.15. The molecule has 1 N–H and O–H groups in total. The van der Waals surface area contributed by atoms with E-state index in [0.29, 0.717) is 10.0 Å². The summed E-state index contributed by atoms with van der Waals surface area (Å²) < 4.78 is 0. The summed E-state index contributed by atoms with van der Waals surface area (Å²) in [7, 11) is 0. The van der Waals surface area contributed by atoms with E-state index in [1.54, 1.807) is 6.07 Å². The van der Waals surface area contributed by atoms with Gasteiger partial charge in [0, 0.05) is 5.41 Å². The molecule has 0 spiro atoms. The SMILES string of the molecule is O=C(O)CC1(c2cccc(Cl)c2Cl)CC1. The van der Waals surface area contributed by atoms with Crippen LogP contribution in [0, 0.1) is 0 Å². The van der Waals surface area contributed by atoms with Gasteiger partial charge in [0.05, 0.1) is 16.5 Å². The van der Waals surface area contributed by atoms with Gasteiger partial charge >= 0.3 is 5.97 Å². The van der Waals surface area contributed by atoms with Crippen molar-refractivity contribution in [3.63, 3.8) is 0 Å². The first kappa shape index (κ1) is 10.8. The summed E-state index contributed by atoms with van der Waals surface area (Å²) >= 11 is 12.0. The van der Waals surface area contributed by atoms with E-state index in [9.17, 15) is 4.79 Å². The lowest BCUT2D eigenvalue weighted by molar-refractivity contribution is -0.137. The van der Waals surface area contributed by atoms with Gasteiger partial charge in [0.15, 0.2) is 0 Å². The highest BCUT2D eigenvalue weighted by Crippen LogP contribution is 2.53. The predicted octanol–water partition coefficient (Wildman–Crippen LogP) is 3.50. The number of hydrogen-bond acceptors (Lipinski definition) is 1. The van der Waals surface area contributed by atoms with Crippen LogP contribution in [0.2, 0.25) is 10.0 Å². The third-order valence-corrected chi connectivity index (χ3v) is 3.69. The maximum absolute atomic E-state index is 10.7. The zero-order valence-corrected chi connectivity index (χ0v) is 9.48. The normalized spacial score (nSPS) is 17.5. The van der Waals surface area contributed by atoms with E-state index >= 15 is 0 Å². The molecule has 1 aromatic carbocycles. The molecule has 0 aliphatic heterocycles. The second-order valence-corrected chi connectivity index (χ2v) is 4.74. The predicted molar refractivity (Wildman–Crippen MR) is 59.6 cm³/mol. The topological polar surface area (TPSA) is 37.3 Å². The van der Waals surface area contributed by atoms with Crippen molar-refractivity contribution in [3.8, 4) is 0 Å². The van der Waals surface area contributed by atoms with Gasteiger partial charge in [-0.25, -0.2) is 0 Å². The van der Waals surface area contributed by atoms with E-state index in [1.165, 1.54) is 0 Å². The molecule has 1 aliphatic rings. The van der Waals surface area contributed by atoms with Gasteiger partial charge < -0.3 is 5.11 Å². The highest BCUT2D eigenvalue weighted by molar-refractivity contribution is 6.42. The van der Waals surface area contributed by atoms with E-state index in [0.717, 1.165) is 18.4 Å². The highest BCUT2D eigenvalue weighted by atomic mass is 35.5. The van der Waals surface area contributed by atoms with Crippen LogP contribution in [0.5, 0.6) is 0 Å². The molecule has 4 heteroatoms. The third-order valence-electron chi connectivity index (χ3n) is 2.87. The minimum Gasteiger partial charge on any atom is -0.481 e. The number of halogens is 2. The molecule has 80 valence electrons. The summed E-state index contributed by atoms with van der Waals surface area (Å²) in [5.41, 5.74) is 0.604. The van der Waals surface area contributed by atoms with Gasteiger partial charge in [0.2, 0.25) is 0 Å². The molecule has 0 saturated heterocycles. The van der Waals surface area contributed by atoms with E-state index in [2.05, 4.69) is 0 Å². The molecule has 0 bridgehead atoms. The van der Waals surface area contributed by atoms with Crippen molar-refractivity contribution in [2.45, 2.75) is 24.7 Å². The van der Waals surface area contributed by atoms with Gasteiger partial charge in [-0.2, -0.15) is 0 Å². The monoisotopic (exact) mass is 244 g/mol. The summed E-state index contributed by atoms with van der Waals surface area (Å²) in [6, 6.07) is 5.39. The van der Waals surface area contributed by atoms with Crippen LogP contribution in [0.3, 0.4) is 0 Å². The molecule has 2 rings (SSSR count).